The molecule has 294 valence electrons. The Labute approximate surface area is 364 Å². The highest BCUT2D eigenvalue weighted by molar-refractivity contribution is 5.98. The van der Waals surface area contributed by atoms with Crippen LogP contribution in [0.3, 0.4) is 0 Å². The van der Waals surface area contributed by atoms with Gasteiger partial charge in [0.2, 0.25) is 0 Å². The molecule has 0 unspecified atom stereocenters. The van der Waals surface area contributed by atoms with Crippen LogP contribution in [0.1, 0.15) is 25.0 Å². The van der Waals surface area contributed by atoms with Gasteiger partial charge in [0, 0.05) is 22.2 Å². The lowest BCUT2D eigenvalue weighted by molar-refractivity contribution is 0.660. The molecular formula is C61H45N. The van der Waals surface area contributed by atoms with Gasteiger partial charge in [-0.15, -0.1) is 0 Å². The Morgan fingerprint density at radius 2 is 0.710 bits per heavy atom. The van der Waals surface area contributed by atoms with E-state index in [1.807, 2.05) is 0 Å². The number of hydrogen-bond donors (Lipinski definition) is 0. The second kappa shape index (κ2) is 15.4. The fourth-order valence-electron chi connectivity index (χ4n) is 9.80. The first-order valence-corrected chi connectivity index (χ1v) is 21.6. The zero-order valence-electron chi connectivity index (χ0n) is 35.0. The van der Waals surface area contributed by atoms with Crippen molar-refractivity contribution in [2.75, 3.05) is 4.90 Å². The van der Waals surface area contributed by atoms with Gasteiger partial charge in [0.1, 0.15) is 0 Å². The minimum atomic E-state index is -0.0571. The highest BCUT2D eigenvalue weighted by Crippen LogP contribution is 2.52. The molecule has 0 aliphatic heterocycles. The van der Waals surface area contributed by atoms with E-state index in [0.29, 0.717) is 0 Å². The number of rotatable bonds is 8. The molecule has 0 aromatic heterocycles. The molecule has 0 amide bonds. The first-order chi connectivity index (χ1) is 30.5. The lowest BCUT2D eigenvalue weighted by Crippen LogP contribution is -2.14. The van der Waals surface area contributed by atoms with Crippen molar-refractivity contribution in [2.45, 2.75) is 19.3 Å². The van der Waals surface area contributed by atoms with Crippen molar-refractivity contribution in [1.29, 1.82) is 0 Å². The van der Waals surface area contributed by atoms with Crippen LogP contribution in [-0.4, -0.2) is 0 Å². The van der Waals surface area contributed by atoms with E-state index in [2.05, 4.69) is 255 Å². The van der Waals surface area contributed by atoms with Gasteiger partial charge in [-0.25, -0.2) is 0 Å². The fourth-order valence-corrected chi connectivity index (χ4v) is 9.80. The van der Waals surface area contributed by atoms with E-state index in [-0.39, 0.29) is 5.41 Å². The molecule has 0 spiro atoms. The summed E-state index contributed by atoms with van der Waals surface area (Å²) < 4.78 is 0. The molecule has 0 bridgehead atoms. The van der Waals surface area contributed by atoms with Crippen LogP contribution in [0, 0.1) is 0 Å². The largest absolute Gasteiger partial charge is 0.309 e. The highest BCUT2D eigenvalue weighted by atomic mass is 15.1. The molecule has 62 heavy (non-hydrogen) atoms. The van der Waals surface area contributed by atoms with Gasteiger partial charge in [-0.3, -0.25) is 0 Å². The summed E-state index contributed by atoms with van der Waals surface area (Å²) in [5.74, 6) is 0. The Kier molecular flexibility index (Phi) is 9.24. The topological polar surface area (TPSA) is 3.24 Å². The maximum absolute atomic E-state index is 2.45. The number of para-hydroxylation sites is 2. The van der Waals surface area contributed by atoms with Crippen LogP contribution >= 0.6 is 0 Å². The minimum absolute atomic E-state index is 0.0571. The predicted molar refractivity (Wildman–Crippen MR) is 263 cm³/mol. The Bertz CT molecular complexity index is 3220. The van der Waals surface area contributed by atoms with E-state index in [4.69, 9.17) is 0 Å². The van der Waals surface area contributed by atoms with Crippen LogP contribution in [0.5, 0.6) is 0 Å². The van der Waals surface area contributed by atoms with Crippen molar-refractivity contribution in [1.82, 2.24) is 0 Å². The van der Waals surface area contributed by atoms with Gasteiger partial charge in [-0.2, -0.15) is 0 Å². The standard InChI is InChI=1S/C61H45N/c1-61(2)56-26-11-8-23-55(56)60-54(25-15-27-57(60)61)48-38-40-49(41-39-48)62(58-28-12-9-21-52(58)46-32-30-43(31-33-46)42-16-4-3-5-17-42)59-29-13-10-22-53(59)47-36-34-45(35-37-47)51-24-14-19-44-18-6-7-20-50(44)51/h3-41H,1-2H3. The summed E-state index contributed by atoms with van der Waals surface area (Å²) >= 11 is 0. The Balaban J connectivity index is 1.04. The number of nitrogens with zero attached hydrogens (tertiary/aromatic N) is 1. The molecule has 0 fully saturated rings. The van der Waals surface area contributed by atoms with Gasteiger partial charge in [-0.05, 0) is 102 Å². The van der Waals surface area contributed by atoms with Gasteiger partial charge in [0.05, 0.1) is 11.4 Å². The number of benzene rings is 10. The second-order valence-electron chi connectivity index (χ2n) is 16.9. The van der Waals surface area contributed by atoms with Gasteiger partial charge >= 0.3 is 0 Å². The molecule has 10 aromatic carbocycles. The molecule has 1 aliphatic rings. The van der Waals surface area contributed by atoms with Crippen LogP contribution in [0.25, 0.3) is 77.5 Å². The fraction of sp³-hybridized carbons (Fsp3) is 0.0492. The molecule has 1 nitrogen and oxygen atoms in total. The van der Waals surface area contributed by atoms with Gasteiger partial charge in [0.15, 0.2) is 0 Å². The van der Waals surface area contributed by atoms with Crippen molar-refractivity contribution in [3.8, 4) is 66.8 Å². The molecule has 0 radical (unpaired) electrons. The molecule has 0 heterocycles. The molecule has 0 saturated carbocycles. The minimum Gasteiger partial charge on any atom is -0.309 e. The monoisotopic (exact) mass is 791 g/mol. The van der Waals surface area contributed by atoms with Crippen molar-refractivity contribution in [3.63, 3.8) is 0 Å². The molecule has 10 aromatic rings. The SMILES string of the molecule is CC1(C)c2ccccc2-c2c(-c3ccc(N(c4ccccc4-c4ccc(-c5ccccc5)cc4)c4ccccc4-c4ccc(-c5cccc6ccccc56)cc4)cc3)cccc21. The molecule has 1 aliphatic carbocycles. The maximum Gasteiger partial charge on any atom is 0.0540 e. The Hall–Kier alpha value is -7.74. The van der Waals surface area contributed by atoms with Crippen LogP contribution in [0.4, 0.5) is 17.1 Å². The second-order valence-corrected chi connectivity index (χ2v) is 16.9. The molecule has 0 saturated heterocycles. The third-order valence-electron chi connectivity index (χ3n) is 12.9. The van der Waals surface area contributed by atoms with E-state index in [1.165, 1.54) is 72.0 Å². The lowest BCUT2D eigenvalue weighted by atomic mass is 9.82. The van der Waals surface area contributed by atoms with E-state index in [1.54, 1.807) is 0 Å². The zero-order valence-corrected chi connectivity index (χ0v) is 35.0. The summed E-state index contributed by atoms with van der Waals surface area (Å²) in [6.07, 6.45) is 0. The summed E-state index contributed by atoms with van der Waals surface area (Å²) in [5.41, 5.74) is 20.7. The zero-order chi connectivity index (χ0) is 41.6. The van der Waals surface area contributed by atoms with Crippen LogP contribution in [0.15, 0.2) is 237 Å². The molecular weight excluding hydrogens is 747 g/mol. The van der Waals surface area contributed by atoms with Crippen molar-refractivity contribution >= 4 is 27.8 Å². The summed E-state index contributed by atoms with van der Waals surface area (Å²) in [6, 6.07) is 86.5. The average molecular weight is 792 g/mol. The van der Waals surface area contributed by atoms with Crippen molar-refractivity contribution < 1.29 is 0 Å². The quantitative estimate of drug-likeness (QED) is 0.148. The number of hydrogen-bond acceptors (Lipinski definition) is 1. The molecule has 0 atom stereocenters. The van der Waals surface area contributed by atoms with Gasteiger partial charge < -0.3 is 4.90 Å². The van der Waals surface area contributed by atoms with Crippen molar-refractivity contribution in [3.05, 3.63) is 248 Å². The smallest absolute Gasteiger partial charge is 0.0540 e. The third-order valence-corrected chi connectivity index (χ3v) is 12.9. The molecule has 1 heteroatoms. The first kappa shape index (κ1) is 37.3. The summed E-state index contributed by atoms with van der Waals surface area (Å²) in [7, 11) is 0. The van der Waals surface area contributed by atoms with Gasteiger partial charge in [-0.1, -0.05) is 226 Å². The average Bonchev–Trinajstić information content (AvgIpc) is 3.58. The normalized spacial score (nSPS) is 12.5. The summed E-state index contributed by atoms with van der Waals surface area (Å²) in [6.45, 7) is 4.70. The molecule has 0 N–H and O–H groups in total. The Morgan fingerprint density at radius 1 is 0.290 bits per heavy atom. The third kappa shape index (κ3) is 6.42. The predicted octanol–water partition coefficient (Wildman–Crippen LogP) is 17.0. The Morgan fingerprint density at radius 3 is 1.39 bits per heavy atom. The number of anilines is 3. The van der Waals surface area contributed by atoms with Gasteiger partial charge in [0.25, 0.3) is 0 Å². The summed E-state index contributed by atoms with van der Waals surface area (Å²) in [4.78, 5) is 2.45. The van der Waals surface area contributed by atoms with Crippen LogP contribution in [0.2, 0.25) is 0 Å². The maximum atomic E-state index is 2.45. The van der Waals surface area contributed by atoms with Crippen LogP contribution < -0.4 is 4.90 Å². The molecule has 11 rings (SSSR count). The highest BCUT2D eigenvalue weighted by Gasteiger charge is 2.36. The van der Waals surface area contributed by atoms with E-state index in [0.717, 1.165) is 33.8 Å². The van der Waals surface area contributed by atoms with E-state index >= 15 is 0 Å². The number of fused-ring (bicyclic) bond motifs is 4. The lowest BCUT2D eigenvalue weighted by Gasteiger charge is -2.30. The first-order valence-electron chi connectivity index (χ1n) is 21.6. The summed E-state index contributed by atoms with van der Waals surface area (Å²) in [5, 5.41) is 2.51. The van der Waals surface area contributed by atoms with Crippen LogP contribution in [-0.2, 0) is 5.41 Å². The van der Waals surface area contributed by atoms with Crippen molar-refractivity contribution in [2.24, 2.45) is 0 Å². The van der Waals surface area contributed by atoms with E-state index in [9.17, 15) is 0 Å². The van der Waals surface area contributed by atoms with E-state index < -0.39 is 0 Å².